The molecule has 0 aliphatic heterocycles. The van der Waals surface area contributed by atoms with Crippen molar-refractivity contribution in [3.8, 4) is 0 Å². The maximum absolute atomic E-state index is 12.5. The molecule has 0 saturated carbocycles. The van der Waals surface area contributed by atoms with Crippen LogP contribution in [0.15, 0.2) is 73.3 Å². The molecule has 0 saturated heterocycles. The van der Waals surface area contributed by atoms with Crippen LogP contribution in [0.1, 0.15) is 11.1 Å². The molecule has 0 aliphatic carbocycles. The Kier molecular flexibility index (Phi) is 6.44. The molecule has 114 valence electrons. The van der Waals surface area contributed by atoms with Crippen LogP contribution < -0.4 is 0 Å². The van der Waals surface area contributed by atoms with Gasteiger partial charge in [-0.2, -0.15) is 0 Å². The lowest BCUT2D eigenvalue weighted by molar-refractivity contribution is -0.116. The maximum atomic E-state index is 12.5. The zero-order chi connectivity index (χ0) is 15.8. The van der Waals surface area contributed by atoms with Crippen molar-refractivity contribution >= 4 is 16.9 Å². The zero-order valence-electron chi connectivity index (χ0n) is 12.4. The molecule has 2 aromatic carbocycles. The molecule has 22 heavy (non-hydrogen) atoms. The Morgan fingerprint density at radius 3 is 2.14 bits per heavy atom. The van der Waals surface area contributed by atoms with Gasteiger partial charge in [-0.15, -0.1) is 6.58 Å². The summed E-state index contributed by atoms with van der Waals surface area (Å²) in [4.78, 5) is 12.5. The normalized spacial score (nSPS) is 13.3. The average Bonchev–Trinajstić information content (AvgIpc) is 2.58. The lowest BCUT2D eigenvalue weighted by atomic mass is 9.95. The van der Waals surface area contributed by atoms with Crippen LogP contribution in [0, 0.1) is 5.92 Å². The van der Waals surface area contributed by atoms with E-state index in [1.165, 1.54) is 17.8 Å². The third-order valence-corrected chi connectivity index (χ3v) is 4.54. The highest BCUT2D eigenvalue weighted by atomic mass is 32.2. The highest BCUT2D eigenvalue weighted by Crippen LogP contribution is 2.23. The first-order chi connectivity index (χ1) is 10.7. The average molecular weight is 312 g/mol. The van der Waals surface area contributed by atoms with Crippen LogP contribution in [0.25, 0.3) is 0 Å². The number of benzene rings is 2. The number of hydrogen-bond acceptors (Lipinski definition) is 3. The predicted octanol–water partition coefficient (Wildman–Crippen LogP) is 3.85. The second-order valence-corrected chi connectivity index (χ2v) is 6.10. The Labute approximate surface area is 135 Å². The van der Waals surface area contributed by atoms with Gasteiger partial charge in [0.2, 0.25) is 0 Å². The van der Waals surface area contributed by atoms with Gasteiger partial charge in [0, 0.05) is 5.75 Å². The van der Waals surface area contributed by atoms with E-state index >= 15 is 0 Å². The van der Waals surface area contributed by atoms with E-state index in [9.17, 15) is 9.90 Å². The third-order valence-electron chi connectivity index (χ3n) is 3.48. The summed E-state index contributed by atoms with van der Waals surface area (Å²) in [7, 11) is 0. The van der Waals surface area contributed by atoms with Gasteiger partial charge < -0.3 is 5.11 Å². The summed E-state index contributed by atoms with van der Waals surface area (Å²) in [6.07, 6.45) is 1.14. The first kappa shape index (κ1) is 16.5. The first-order valence-corrected chi connectivity index (χ1v) is 8.24. The molecule has 0 unspecified atom stereocenters. The molecule has 0 bridgehead atoms. The minimum Gasteiger partial charge on any atom is -0.388 e. The van der Waals surface area contributed by atoms with E-state index < -0.39 is 12.0 Å². The summed E-state index contributed by atoms with van der Waals surface area (Å²) < 4.78 is 0. The first-order valence-electron chi connectivity index (χ1n) is 7.26. The van der Waals surface area contributed by atoms with E-state index in [-0.39, 0.29) is 5.12 Å². The van der Waals surface area contributed by atoms with Crippen molar-refractivity contribution in [2.75, 3.05) is 0 Å². The number of aliphatic hydroxyl groups excluding tert-OH is 1. The molecule has 0 aliphatic rings. The number of carbonyl (C=O) groups is 1. The lowest BCUT2D eigenvalue weighted by Crippen LogP contribution is -2.27. The van der Waals surface area contributed by atoms with Crippen molar-refractivity contribution in [2.45, 2.75) is 18.3 Å². The molecule has 2 nitrogen and oxygen atoms in total. The second-order valence-electron chi connectivity index (χ2n) is 5.12. The number of thioether (sulfide) groups is 1. The summed E-state index contributed by atoms with van der Waals surface area (Å²) >= 11 is 1.25. The van der Waals surface area contributed by atoms with Gasteiger partial charge in [0.25, 0.3) is 0 Å². The molecule has 0 heterocycles. The third kappa shape index (κ3) is 4.86. The molecule has 1 N–H and O–H groups in total. The quantitative estimate of drug-likeness (QED) is 0.789. The van der Waals surface area contributed by atoms with E-state index in [0.29, 0.717) is 12.2 Å². The molecule has 0 spiro atoms. The van der Waals surface area contributed by atoms with Gasteiger partial charge in [0.05, 0.1) is 12.0 Å². The summed E-state index contributed by atoms with van der Waals surface area (Å²) in [6.45, 7) is 3.61. The molecule has 2 aromatic rings. The van der Waals surface area contributed by atoms with Gasteiger partial charge >= 0.3 is 0 Å². The summed E-state index contributed by atoms with van der Waals surface area (Å²) in [5.41, 5.74) is 2.15. The predicted molar refractivity (Wildman–Crippen MR) is 92.6 cm³/mol. The van der Waals surface area contributed by atoms with Gasteiger partial charge in [-0.1, -0.05) is 78.5 Å². The standard InChI is InChI=1S/C19H20O2S/c1-2-18(20)17(13-15-9-5-3-6-10-15)19(21)22-14-16-11-7-4-8-12-16/h2-12,17-18,20H,1,13-14H2/t17-,18+/m1/s1. The fourth-order valence-corrected chi connectivity index (χ4v) is 3.15. The number of rotatable bonds is 7. The van der Waals surface area contributed by atoms with Crippen molar-refractivity contribution < 1.29 is 9.90 Å². The minimum absolute atomic E-state index is 0.0000983. The van der Waals surface area contributed by atoms with Crippen LogP contribution in [-0.2, 0) is 17.0 Å². The highest BCUT2D eigenvalue weighted by molar-refractivity contribution is 8.13. The van der Waals surface area contributed by atoms with E-state index in [2.05, 4.69) is 6.58 Å². The van der Waals surface area contributed by atoms with Crippen LogP contribution in [-0.4, -0.2) is 16.3 Å². The molecule has 2 atom stereocenters. The van der Waals surface area contributed by atoms with Crippen molar-refractivity contribution in [3.05, 3.63) is 84.4 Å². The number of hydrogen-bond donors (Lipinski definition) is 1. The van der Waals surface area contributed by atoms with E-state index in [4.69, 9.17) is 0 Å². The molecular formula is C19H20O2S. The summed E-state index contributed by atoms with van der Waals surface area (Å²) in [5.74, 6) is 0.156. The summed E-state index contributed by atoms with van der Waals surface area (Å²) in [5, 5.41) is 10.1. The molecule has 0 amide bonds. The molecule has 0 aromatic heterocycles. The van der Waals surface area contributed by atoms with E-state index in [0.717, 1.165) is 11.1 Å². The number of aliphatic hydroxyl groups is 1. The van der Waals surface area contributed by atoms with Gasteiger partial charge in [-0.3, -0.25) is 4.79 Å². The Bertz CT molecular complexity index is 595. The second kappa shape index (κ2) is 8.57. The Balaban J connectivity index is 2.01. The van der Waals surface area contributed by atoms with Crippen LogP contribution in [0.2, 0.25) is 0 Å². The smallest absolute Gasteiger partial charge is 0.195 e. The molecule has 2 rings (SSSR count). The van der Waals surface area contributed by atoms with Gasteiger partial charge in [-0.25, -0.2) is 0 Å². The van der Waals surface area contributed by atoms with Gasteiger partial charge in [0.1, 0.15) is 0 Å². The van der Waals surface area contributed by atoms with Crippen LogP contribution >= 0.6 is 11.8 Å². The van der Waals surface area contributed by atoms with Crippen LogP contribution in [0.5, 0.6) is 0 Å². The molecule has 3 heteroatoms. The number of carbonyl (C=O) groups excluding carboxylic acids is 1. The summed E-state index contributed by atoms with van der Waals surface area (Å²) in [6, 6.07) is 19.6. The van der Waals surface area contributed by atoms with Gasteiger partial charge in [0.15, 0.2) is 5.12 Å². The fraction of sp³-hybridized carbons (Fsp3) is 0.211. The van der Waals surface area contributed by atoms with Gasteiger partial charge in [-0.05, 0) is 17.5 Å². The largest absolute Gasteiger partial charge is 0.388 e. The maximum Gasteiger partial charge on any atom is 0.195 e. The Hall–Kier alpha value is -1.84. The monoisotopic (exact) mass is 312 g/mol. The molecule has 0 fully saturated rings. The minimum atomic E-state index is -0.823. The van der Waals surface area contributed by atoms with Crippen molar-refractivity contribution in [2.24, 2.45) is 5.92 Å². The highest BCUT2D eigenvalue weighted by Gasteiger charge is 2.25. The van der Waals surface area contributed by atoms with Crippen molar-refractivity contribution in [1.29, 1.82) is 0 Å². The van der Waals surface area contributed by atoms with E-state index in [1.807, 2.05) is 60.7 Å². The topological polar surface area (TPSA) is 37.3 Å². The SMILES string of the molecule is C=C[C@H](O)[C@@H](Cc1ccccc1)C(=O)SCc1ccccc1. The van der Waals surface area contributed by atoms with Crippen molar-refractivity contribution in [1.82, 2.24) is 0 Å². The fourth-order valence-electron chi connectivity index (χ4n) is 2.21. The zero-order valence-corrected chi connectivity index (χ0v) is 13.2. The molecule has 0 radical (unpaired) electrons. The molecular weight excluding hydrogens is 292 g/mol. The Morgan fingerprint density at radius 2 is 1.59 bits per heavy atom. The van der Waals surface area contributed by atoms with E-state index in [1.54, 1.807) is 0 Å². The van der Waals surface area contributed by atoms with Crippen LogP contribution in [0.3, 0.4) is 0 Å². The lowest BCUT2D eigenvalue weighted by Gasteiger charge is -2.19. The van der Waals surface area contributed by atoms with Crippen LogP contribution in [0.4, 0.5) is 0 Å². The Morgan fingerprint density at radius 1 is 1.05 bits per heavy atom. The van der Waals surface area contributed by atoms with Crippen molar-refractivity contribution in [3.63, 3.8) is 0 Å².